The second kappa shape index (κ2) is 5.10. The number of Topliss-reactive ketones (excluding diaryl/α,β-unsaturated/α-hetero) is 1. The quantitative estimate of drug-likeness (QED) is 0.763. The molecule has 19 heavy (non-hydrogen) atoms. The van der Waals surface area contributed by atoms with E-state index in [-0.39, 0.29) is 5.78 Å². The van der Waals surface area contributed by atoms with Crippen LogP contribution in [0, 0.1) is 0 Å². The number of thiophene rings is 1. The fourth-order valence-corrected chi connectivity index (χ4v) is 3.99. The Bertz CT molecular complexity index is 635. The SMILES string of the molecule is CC(=O)c1ccc(N2CCc3sccc3C2)cc1Br. The van der Waals surface area contributed by atoms with Crippen LogP contribution < -0.4 is 4.90 Å². The second-order valence-corrected chi connectivity index (χ2v) is 6.62. The van der Waals surface area contributed by atoms with Crippen molar-refractivity contribution in [1.29, 1.82) is 0 Å². The monoisotopic (exact) mass is 335 g/mol. The lowest BCUT2D eigenvalue weighted by Gasteiger charge is -2.29. The van der Waals surface area contributed by atoms with Crippen molar-refractivity contribution >= 4 is 38.7 Å². The lowest BCUT2D eigenvalue weighted by molar-refractivity contribution is 0.101. The first-order valence-corrected chi connectivity index (χ1v) is 7.93. The summed E-state index contributed by atoms with van der Waals surface area (Å²) < 4.78 is 0.883. The third-order valence-corrected chi connectivity index (χ3v) is 5.18. The van der Waals surface area contributed by atoms with Gasteiger partial charge in [0.2, 0.25) is 0 Å². The second-order valence-electron chi connectivity index (χ2n) is 4.76. The van der Waals surface area contributed by atoms with Gasteiger partial charge >= 0.3 is 0 Å². The van der Waals surface area contributed by atoms with Crippen molar-refractivity contribution in [2.24, 2.45) is 0 Å². The van der Waals surface area contributed by atoms with E-state index in [9.17, 15) is 4.79 Å². The maximum Gasteiger partial charge on any atom is 0.160 e. The van der Waals surface area contributed by atoms with E-state index in [0.717, 1.165) is 29.5 Å². The summed E-state index contributed by atoms with van der Waals surface area (Å²) in [5, 5.41) is 2.17. The molecule has 3 rings (SSSR count). The van der Waals surface area contributed by atoms with Gasteiger partial charge in [0, 0.05) is 33.7 Å². The zero-order chi connectivity index (χ0) is 13.4. The van der Waals surface area contributed by atoms with E-state index < -0.39 is 0 Å². The molecule has 1 aromatic carbocycles. The third kappa shape index (κ3) is 2.47. The van der Waals surface area contributed by atoms with E-state index in [1.54, 1.807) is 6.92 Å². The first kappa shape index (κ1) is 12.9. The van der Waals surface area contributed by atoms with Gasteiger partial charge in [-0.15, -0.1) is 11.3 Å². The largest absolute Gasteiger partial charge is 0.367 e. The molecule has 98 valence electrons. The van der Waals surface area contributed by atoms with Gasteiger partial charge in [-0.25, -0.2) is 0 Å². The number of carbonyl (C=O) groups excluding carboxylic acids is 1. The highest BCUT2D eigenvalue weighted by Crippen LogP contribution is 2.30. The number of anilines is 1. The summed E-state index contributed by atoms with van der Waals surface area (Å²) in [5.41, 5.74) is 3.36. The number of fused-ring (bicyclic) bond motifs is 1. The summed E-state index contributed by atoms with van der Waals surface area (Å²) in [7, 11) is 0. The van der Waals surface area contributed by atoms with Crippen molar-refractivity contribution in [3.63, 3.8) is 0 Å². The van der Waals surface area contributed by atoms with E-state index in [2.05, 4.69) is 32.3 Å². The molecule has 0 aliphatic carbocycles. The molecule has 1 aromatic heterocycles. The fraction of sp³-hybridized carbons (Fsp3) is 0.267. The van der Waals surface area contributed by atoms with Crippen LogP contribution in [0.15, 0.2) is 34.1 Å². The Balaban J connectivity index is 1.88. The Hall–Kier alpha value is -1.13. The number of nitrogens with zero attached hydrogens (tertiary/aromatic N) is 1. The van der Waals surface area contributed by atoms with Gasteiger partial charge in [0.05, 0.1) is 0 Å². The molecular weight excluding hydrogens is 322 g/mol. The molecule has 4 heteroatoms. The first-order chi connectivity index (χ1) is 9.15. The Morgan fingerprint density at radius 2 is 2.21 bits per heavy atom. The van der Waals surface area contributed by atoms with Crippen LogP contribution in [0.4, 0.5) is 5.69 Å². The lowest BCUT2D eigenvalue weighted by Crippen LogP contribution is -2.29. The number of hydrogen-bond donors (Lipinski definition) is 0. The van der Waals surface area contributed by atoms with Crippen LogP contribution in [-0.4, -0.2) is 12.3 Å². The normalized spacial score (nSPS) is 14.3. The van der Waals surface area contributed by atoms with Gasteiger partial charge in [0.15, 0.2) is 5.78 Å². The highest BCUT2D eigenvalue weighted by Gasteiger charge is 2.18. The topological polar surface area (TPSA) is 20.3 Å². The highest BCUT2D eigenvalue weighted by molar-refractivity contribution is 9.10. The van der Waals surface area contributed by atoms with E-state index >= 15 is 0 Å². The minimum Gasteiger partial charge on any atom is -0.367 e. The summed E-state index contributed by atoms with van der Waals surface area (Å²) in [6.45, 7) is 3.60. The minimum absolute atomic E-state index is 0.0946. The molecule has 0 fully saturated rings. The molecule has 2 aromatic rings. The Morgan fingerprint density at radius 1 is 1.37 bits per heavy atom. The average Bonchev–Trinajstić information content (AvgIpc) is 2.85. The summed E-state index contributed by atoms with van der Waals surface area (Å²) in [6, 6.07) is 8.21. The zero-order valence-corrected chi connectivity index (χ0v) is 13.1. The Labute approximate surface area is 125 Å². The molecule has 0 radical (unpaired) electrons. The van der Waals surface area contributed by atoms with Gasteiger partial charge in [-0.2, -0.15) is 0 Å². The van der Waals surface area contributed by atoms with Crippen LogP contribution in [-0.2, 0) is 13.0 Å². The van der Waals surface area contributed by atoms with Crippen molar-refractivity contribution < 1.29 is 4.79 Å². The number of hydrogen-bond acceptors (Lipinski definition) is 3. The molecule has 2 heterocycles. The van der Waals surface area contributed by atoms with Crippen molar-refractivity contribution in [2.75, 3.05) is 11.4 Å². The highest BCUT2D eigenvalue weighted by atomic mass is 79.9. The van der Waals surface area contributed by atoms with E-state index in [1.165, 1.54) is 16.1 Å². The smallest absolute Gasteiger partial charge is 0.160 e. The number of halogens is 1. The third-order valence-electron chi connectivity index (χ3n) is 3.50. The Morgan fingerprint density at radius 3 is 2.95 bits per heavy atom. The molecule has 0 atom stereocenters. The van der Waals surface area contributed by atoms with Crippen molar-refractivity contribution in [3.8, 4) is 0 Å². The van der Waals surface area contributed by atoms with Gasteiger partial charge in [-0.1, -0.05) is 0 Å². The predicted molar refractivity (Wildman–Crippen MR) is 83.2 cm³/mol. The zero-order valence-electron chi connectivity index (χ0n) is 10.6. The lowest BCUT2D eigenvalue weighted by atomic mass is 10.1. The van der Waals surface area contributed by atoms with E-state index in [4.69, 9.17) is 0 Å². The van der Waals surface area contributed by atoms with Gasteiger partial charge in [0.25, 0.3) is 0 Å². The molecule has 0 saturated heterocycles. The van der Waals surface area contributed by atoms with Gasteiger partial charge in [-0.3, -0.25) is 4.79 Å². The van der Waals surface area contributed by atoms with Crippen LogP contribution in [0.25, 0.3) is 0 Å². The van der Waals surface area contributed by atoms with Crippen molar-refractivity contribution in [2.45, 2.75) is 19.9 Å². The molecule has 1 aliphatic rings. The Kier molecular flexibility index (Phi) is 3.46. The average molecular weight is 336 g/mol. The predicted octanol–water partition coefficient (Wildman–Crippen LogP) is 4.28. The van der Waals surface area contributed by atoms with Gasteiger partial charge in [-0.05, 0) is 64.5 Å². The van der Waals surface area contributed by atoms with E-state index in [0.29, 0.717) is 0 Å². The van der Waals surface area contributed by atoms with Gasteiger partial charge < -0.3 is 4.90 Å². The molecule has 0 saturated carbocycles. The van der Waals surface area contributed by atoms with E-state index in [1.807, 2.05) is 29.5 Å². The number of rotatable bonds is 2. The van der Waals surface area contributed by atoms with Crippen LogP contribution in [0.3, 0.4) is 0 Å². The molecular formula is C15H14BrNOS. The molecule has 0 bridgehead atoms. The van der Waals surface area contributed by atoms with Gasteiger partial charge in [0.1, 0.15) is 0 Å². The number of benzene rings is 1. The molecule has 1 aliphatic heterocycles. The van der Waals surface area contributed by atoms with Crippen LogP contribution >= 0.6 is 27.3 Å². The summed E-state index contributed by atoms with van der Waals surface area (Å²) >= 11 is 5.34. The van der Waals surface area contributed by atoms with Crippen LogP contribution in [0.2, 0.25) is 0 Å². The summed E-state index contributed by atoms with van der Waals surface area (Å²) in [5.74, 6) is 0.0946. The maximum atomic E-state index is 11.4. The molecule has 0 amide bonds. The minimum atomic E-state index is 0.0946. The van der Waals surface area contributed by atoms with Crippen LogP contribution in [0.5, 0.6) is 0 Å². The molecule has 2 nitrogen and oxygen atoms in total. The molecule has 0 unspecified atom stereocenters. The standard InChI is InChI=1S/C15H14BrNOS/c1-10(18)13-3-2-12(8-14(13)16)17-6-4-15-11(9-17)5-7-19-15/h2-3,5,7-8H,4,6,9H2,1H3. The number of ketones is 1. The molecule has 0 spiro atoms. The molecule has 0 N–H and O–H groups in total. The first-order valence-electron chi connectivity index (χ1n) is 6.26. The number of carbonyl (C=O) groups is 1. The summed E-state index contributed by atoms with van der Waals surface area (Å²) in [6.07, 6.45) is 1.11. The van der Waals surface area contributed by atoms with Crippen LogP contribution in [0.1, 0.15) is 27.7 Å². The van der Waals surface area contributed by atoms with Crippen molar-refractivity contribution in [1.82, 2.24) is 0 Å². The fourth-order valence-electron chi connectivity index (χ4n) is 2.46. The van der Waals surface area contributed by atoms with Crippen molar-refractivity contribution in [3.05, 3.63) is 50.1 Å². The maximum absolute atomic E-state index is 11.4. The summed E-state index contributed by atoms with van der Waals surface area (Å²) in [4.78, 5) is 15.3.